The third-order valence-electron chi connectivity index (χ3n) is 2.21. The highest BCUT2D eigenvalue weighted by Gasteiger charge is 2.34. The minimum Gasteiger partial charge on any atom is -0.394 e. The van der Waals surface area contributed by atoms with E-state index in [2.05, 4.69) is 0 Å². The highest BCUT2D eigenvalue weighted by molar-refractivity contribution is 7.52. The van der Waals surface area contributed by atoms with Crippen molar-refractivity contribution < 1.29 is 19.3 Å². The van der Waals surface area contributed by atoms with E-state index < -0.39 is 7.67 Å². The molecule has 84 valence electrons. The molecule has 2 unspecified atom stereocenters. The van der Waals surface area contributed by atoms with Gasteiger partial charge in [-0.1, -0.05) is 0 Å². The first kappa shape index (κ1) is 12.1. The zero-order valence-electron chi connectivity index (χ0n) is 8.46. The van der Waals surface area contributed by atoms with Crippen LogP contribution in [-0.4, -0.2) is 65.8 Å². The van der Waals surface area contributed by atoms with Crippen molar-refractivity contribution in [2.75, 3.05) is 40.4 Å². The van der Waals surface area contributed by atoms with Crippen molar-refractivity contribution in [1.29, 1.82) is 0 Å². The third kappa shape index (κ3) is 2.53. The van der Waals surface area contributed by atoms with E-state index in [0.717, 1.165) is 0 Å². The molecule has 0 bridgehead atoms. The Hall–Kier alpha value is 0.0300. The molecule has 7 heteroatoms. The van der Waals surface area contributed by atoms with Crippen LogP contribution in [0.25, 0.3) is 0 Å². The van der Waals surface area contributed by atoms with E-state index in [4.69, 9.17) is 9.84 Å². The van der Waals surface area contributed by atoms with Gasteiger partial charge in [0.2, 0.25) is 0 Å². The molecule has 0 saturated carbocycles. The molecule has 14 heavy (non-hydrogen) atoms. The van der Waals surface area contributed by atoms with Crippen LogP contribution in [0.3, 0.4) is 0 Å². The molecule has 0 aliphatic carbocycles. The zero-order valence-corrected chi connectivity index (χ0v) is 9.35. The van der Waals surface area contributed by atoms with E-state index in [0.29, 0.717) is 19.7 Å². The van der Waals surface area contributed by atoms with Gasteiger partial charge in [-0.3, -0.25) is 4.57 Å². The largest absolute Gasteiger partial charge is 0.394 e. The van der Waals surface area contributed by atoms with Gasteiger partial charge in [-0.05, 0) is 14.1 Å². The molecule has 2 atom stereocenters. The molecule has 1 fully saturated rings. The van der Waals surface area contributed by atoms with Crippen LogP contribution in [0.5, 0.6) is 0 Å². The van der Waals surface area contributed by atoms with Crippen LogP contribution < -0.4 is 0 Å². The predicted octanol–water partition coefficient (Wildman–Crippen LogP) is -0.659. The maximum Gasteiger partial charge on any atom is 0.343 e. The lowest BCUT2D eigenvalue weighted by molar-refractivity contribution is -0.0349. The van der Waals surface area contributed by atoms with Crippen molar-refractivity contribution in [1.82, 2.24) is 9.34 Å². The molecule has 0 aromatic heterocycles. The smallest absolute Gasteiger partial charge is 0.343 e. The highest BCUT2D eigenvalue weighted by Crippen LogP contribution is 2.47. The molecular formula is C7H17N2O4P. The Labute approximate surface area is 83.6 Å². The first-order valence-corrected chi connectivity index (χ1v) is 6.03. The molecule has 0 spiro atoms. The predicted molar refractivity (Wildman–Crippen MR) is 51.9 cm³/mol. The second-order valence-corrected chi connectivity index (χ2v) is 5.84. The Morgan fingerprint density at radius 3 is 2.79 bits per heavy atom. The number of hydrogen-bond acceptors (Lipinski definition) is 3. The summed E-state index contributed by atoms with van der Waals surface area (Å²) in [4.78, 5) is 9.70. The van der Waals surface area contributed by atoms with Gasteiger partial charge in [-0.15, -0.1) is 0 Å². The van der Waals surface area contributed by atoms with Gasteiger partial charge in [0.1, 0.15) is 0 Å². The Bertz CT molecular complexity index is 236. The molecule has 0 radical (unpaired) electrons. The van der Waals surface area contributed by atoms with Crippen molar-refractivity contribution in [3.8, 4) is 0 Å². The van der Waals surface area contributed by atoms with Gasteiger partial charge in [0.05, 0.1) is 19.3 Å². The van der Waals surface area contributed by atoms with E-state index >= 15 is 0 Å². The normalized spacial score (nSPS) is 29.1. The van der Waals surface area contributed by atoms with Gasteiger partial charge >= 0.3 is 7.67 Å². The van der Waals surface area contributed by atoms with Crippen molar-refractivity contribution in [3.63, 3.8) is 0 Å². The Morgan fingerprint density at radius 2 is 2.29 bits per heavy atom. The highest BCUT2D eigenvalue weighted by atomic mass is 31.2. The summed E-state index contributed by atoms with van der Waals surface area (Å²) < 4.78 is 19.7. The average Bonchev–Trinajstić information content (AvgIpc) is 2.17. The zero-order chi connectivity index (χ0) is 10.8. The molecule has 2 N–H and O–H groups in total. The maximum absolute atomic E-state index is 11.8. The van der Waals surface area contributed by atoms with Crippen molar-refractivity contribution >= 4 is 7.67 Å². The molecule has 0 aromatic carbocycles. The lowest BCUT2D eigenvalue weighted by Gasteiger charge is -2.36. The number of hydrogen-bond donors (Lipinski definition) is 2. The van der Waals surface area contributed by atoms with Crippen LogP contribution in [0.15, 0.2) is 0 Å². The fraction of sp³-hybridized carbons (Fsp3) is 1.00. The number of ether oxygens (including phenoxy) is 1. The van der Waals surface area contributed by atoms with Crippen molar-refractivity contribution in [2.45, 2.75) is 6.10 Å². The van der Waals surface area contributed by atoms with E-state index in [9.17, 15) is 9.46 Å². The van der Waals surface area contributed by atoms with E-state index in [1.807, 2.05) is 0 Å². The molecule has 1 aliphatic rings. The molecule has 0 amide bonds. The second-order valence-electron chi connectivity index (χ2n) is 3.45. The molecule has 1 aliphatic heterocycles. The second kappa shape index (κ2) is 4.70. The number of morpholine rings is 1. The number of aliphatic hydroxyl groups is 1. The first-order valence-electron chi connectivity index (χ1n) is 4.47. The quantitative estimate of drug-likeness (QED) is 0.620. The SMILES string of the molecule is CN(C)P(=O)(O)N1CCOC(CO)C1. The van der Waals surface area contributed by atoms with Crippen LogP contribution in [0.2, 0.25) is 0 Å². The monoisotopic (exact) mass is 224 g/mol. The van der Waals surface area contributed by atoms with Crippen molar-refractivity contribution in [3.05, 3.63) is 0 Å². The summed E-state index contributed by atoms with van der Waals surface area (Å²) in [5, 5.41) is 8.88. The summed E-state index contributed by atoms with van der Waals surface area (Å²) in [6.07, 6.45) is -0.357. The third-order valence-corrected chi connectivity index (χ3v) is 4.35. The Morgan fingerprint density at radius 1 is 1.64 bits per heavy atom. The van der Waals surface area contributed by atoms with Crippen LogP contribution in [0.4, 0.5) is 0 Å². The van der Waals surface area contributed by atoms with E-state index in [1.165, 1.54) is 9.34 Å². The lowest BCUT2D eigenvalue weighted by atomic mass is 10.3. The minimum absolute atomic E-state index is 0.121. The van der Waals surface area contributed by atoms with Gasteiger partial charge in [-0.25, -0.2) is 9.34 Å². The lowest BCUT2D eigenvalue weighted by Crippen LogP contribution is -2.43. The van der Waals surface area contributed by atoms with Gasteiger partial charge in [0.15, 0.2) is 0 Å². The topological polar surface area (TPSA) is 73.2 Å². The Kier molecular flexibility index (Phi) is 4.06. The minimum atomic E-state index is -3.41. The summed E-state index contributed by atoms with van der Waals surface area (Å²) in [5.41, 5.74) is 0. The molecule has 6 nitrogen and oxygen atoms in total. The van der Waals surface area contributed by atoms with E-state index in [-0.39, 0.29) is 12.7 Å². The van der Waals surface area contributed by atoms with Crippen LogP contribution in [0.1, 0.15) is 0 Å². The van der Waals surface area contributed by atoms with Gasteiger partial charge in [0, 0.05) is 13.1 Å². The summed E-state index contributed by atoms with van der Waals surface area (Å²) in [6, 6.07) is 0. The molecule has 1 heterocycles. The number of nitrogens with zero attached hydrogens (tertiary/aromatic N) is 2. The summed E-state index contributed by atoms with van der Waals surface area (Å²) >= 11 is 0. The average molecular weight is 224 g/mol. The summed E-state index contributed by atoms with van der Waals surface area (Å²) in [7, 11) is -0.295. The fourth-order valence-corrected chi connectivity index (χ4v) is 2.55. The van der Waals surface area contributed by atoms with Gasteiger partial charge < -0.3 is 14.7 Å². The fourth-order valence-electron chi connectivity index (χ4n) is 1.30. The molecular weight excluding hydrogens is 207 g/mol. The summed E-state index contributed by atoms with van der Waals surface area (Å²) in [5.74, 6) is 0. The first-order chi connectivity index (χ1) is 6.48. The van der Waals surface area contributed by atoms with Gasteiger partial charge in [-0.2, -0.15) is 0 Å². The maximum atomic E-state index is 11.8. The van der Waals surface area contributed by atoms with Crippen molar-refractivity contribution in [2.24, 2.45) is 0 Å². The molecule has 0 aromatic rings. The Balaban J connectivity index is 2.64. The summed E-state index contributed by atoms with van der Waals surface area (Å²) in [6.45, 7) is 0.971. The molecule has 1 rings (SSSR count). The van der Waals surface area contributed by atoms with E-state index in [1.54, 1.807) is 14.1 Å². The van der Waals surface area contributed by atoms with Crippen LogP contribution >= 0.6 is 7.67 Å². The number of aliphatic hydroxyl groups excluding tert-OH is 1. The van der Waals surface area contributed by atoms with Crippen LogP contribution in [0, 0.1) is 0 Å². The van der Waals surface area contributed by atoms with Crippen LogP contribution in [-0.2, 0) is 9.30 Å². The molecule has 1 saturated heterocycles. The van der Waals surface area contributed by atoms with Gasteiger partial charge in [0.25, 0.3) is 0 Å². The number of rotatable bonds is 3. The standard InChI is InChI=1S/C7H17N2O4P/c1-8(2)14(11,12)9-3-4-13-7(5-9)6-10/h7,10H,3-6H2,1-2H3,(H,11,12).